The predicted octanol–water partition coefficient (Wildman–Crippen LogP) is 2.01. The first-order valence-electron chi connectivity index (χ1n) is 9.66. The highest BCUT2D eigenvalue weighted by Crippen LogP contribution is 2.33. The Balaban J connectivity index is 1.63. The molecule has 1 aromatic heterocycles. The Bertz CT molecular complexity index is 964. The van der Waals surface area contributed by atoms with E-state index in [-0.39, 0.29) is 27.9 Å². The maximum atomic E-state index is 12.6. The molecule has 1 saturated heterocycles. The number of anilines is 2. The van der Waals surface area contributed by atoms with Crippen LogP contribution < -0.4 is 16.0 Å². The third kappa shape index (κ3) is 4.63. The zero-order valence-corrected chi connectivity index (χ0v) is 18.2. The Morgan fingerprint density at radius 2 is 1.80 bits per heavy atom. The van der Waals surface area contributed by atoms with Crippen molar-refractivity contribution in [3.63, 3.8) is 0 Å². The molecule has 160 valence electrons. The summed E-state index contributed by atoms with van der Waals surface area (Å²) < 4.78 is 4.79. The van der Waals surface area contributed by atoms with Crippen LogP contribution in [0.4, 0.5) is 10.7 Å². The molecule has 0 spiro atoms. The van der Waals surface area contributed by atoms with Gasteiger partial charge in [0.1, 0.15) is 5.00 Å². The van der Waals surface area contributed by atoms with Crippen molar-refractivity contribution in [2.45, 2.75) is 13.8 Å². The second-order valence-electron chi connectivity index (χ2n) is 7.21. The van der Waals surface area contributed by atoms with Crippen molar-refractivity contribution in [3.05, 3.63) is 45.8 Å². The molecule has 3 N–H and O–H groups in total. The van der Waals surface area contributed by atoms with E-state index in [9.17, 15) is 14.4 Å². The van der Waals surface area contributed by atoms with E-state index in [0.29, 0.717) is 5.56 Å². The number of amides is 2. The van der Waals surface area contributed by atoms with Crippen molar-refractivity contribution in [2.24, 2.45) is 5.73 Å². The molecule has 2 amide bonds. The van der Waals surface area contributed by atoms with E-state index in [0.717, 1.165) is 37.5 Å². The number of benzene rings is 1. The van der Waals surface area contributed by atoms with Crippen molar-refractivity contribution in [3.8, 4) is 0 Å². The molecule has 1 aliphatic heterocycles. The minimum absolute atomic E-state index is 0.175. The lowest BCUT2D eigenvalue weighted by Gasteiger charge is -2.36. The van der Waals surface area contributed by atoms with Crippen molar-refractivity contribution < 1.29 is 19.1 Å². The number of methoxy groups -OCH3 is 1. The van der Waals surface area contributed by atoms with E-state index < -0.39 is 11.9 Å². The molecule has 1 fully saturated rings. The van der Waals surface area contributed by atoms with Crippen LogP contribution in [0.5, 0.6) is 0 Å². The Hall–Kier alpha value is -2.91. The van der Waals surface area contributed by atoms with Gasteiger partial charge in [-0.15, -0.1) is 11.3 Å². The summed E-state index contributed by atoms with van der Waals surface area (Å²) in [6.45, 7) is 7.07. The van der Waals surface area contributed by atoms with E-state index in [1.165, 1.54) is 18.4 Å². The van der Waals surface area contributed by atoms with Crippen LogP contribution in [0.1, 0.15) is 31.2 Å². The van der Waals surface area contributed by atoms with Gasteiger partial charge < -0.3 is 20.7 Å². The molecule has 1 aromatic carbocycles. The third-order valence-electron chi connectivity index (χ3n) is 5.21. The molecule has 8 nitrogen and oxygen atoms in total. The summed E-state index contributed by atoms with van der Waals surface area (Å²) in [4.78, 5) is 41.0. The first-order valence-corrected chi connectivity index (χ1v) is 10.5. The Kier molecular flexibility index (Phi) is 6.73. The number of primary amides is 1. The van der Waals surface area contributed by atoms with E-state index in [2.05, 4.69) is 34.2 Å². The molecule has 3 rings (SSSR count). The molecule has 0 radical (unpaired) electrons. The number of aryl methyl sites for hydroxylation is 1. The van der Waals surface area contributed by atoms with Crippen molar-refractivity contribution >= 4 is 39.8 Å². The minimum atomic E-state index is -0.643. The number of ether oxygens (including phenoxy) is 1. The average molecular weight is 431 g/mol. The van der Waals surface area contributed by atoms with E-state index in [4.69, 9.17) is 10.5 Å². The summed E-state index contributed by atoms with van der Waals surface area (Å²) in [6, 6.07) is 8.27. The van der Waals surface area contributed by atoms with Crippen molar-refractivity contribution in [1.82, 2.24) is 4.90 Å². The van der Waals surface area contributed by atoms with Crippen LogP contribution in [-0.2, 0) is 9.53 Å². The number of rotatable bonds is 6. The number of nitrogens with one attached hydrogen (secondary N) is 1. The minimum Gasteiger partial charge on any atom is -0.465 e. The number of thiophene rings is 1. The predicted molar refractivity (Wildman–Crippen MR) is 117 cm³/mol. The first-order chi connectivity index (χ1) is 14.3. The molecule has 9 heteroatoms. The number of nitrogens with two attached hydrogens (primary N) is 1. The maximum absolute atomic E-state index is 12.6. The number of nitrogens with zero attached hydrogens (tertiary/aromatic N) is 2. The standard InChI is InChI=1S/C21H26N4O4S/c1-13-6-4-5-7-15(13)25-10-8-24(9-11-25)12-16(26)23-20-17(21(28)29-3)14(2)18(30-20)19(22)27/h4-7H,8-12H2,1-3H3,(H2,22,27)(H,23,26). The van der Waals surface area contributed by atoms with Crippen LogP contribution in [0.15, 0.2) is 24.3 Å². The van der Waals surface area contributed by atoms with Gasteiger partial charge in [0.2, 0.25) is 5.91 Å². The van der Waals surface area contributed by atoms with Gasteiger partial charge in [-0.1, -0.05) is 18.2 Å². The van der Waals surface area contributed by atoms with Gasteiger partial charge >= 0.3 is 5.97 Å². The van der Waals surface area contributed by atoms with E-state index in [1.54, 1.807) is 6.92 Å². The molecule has 0 bridgehead atoms. The largest absolute Gasteiger partial charge is 0.465 e. The number of carbonyl (C=O) groups excluding carboxylic acids is 3. The van der Waals surface area contributed by atoms with Crippen LogP contribution in [-0.4, -0.2) is 62.5 Å². The van der Waals surface area contributed by atoms with Crippen LogP contribution >= 0.6 is 11.3 Å². The van der Waals surface area contributed by atoms with Crippen LogP contribution in [0.3, 0.4) is 0 Å². The van der Waals surface area contributed by atoms with Gasteiger partial charge in [0.05, 0.1) is 24.1 Å². The quantitative estimate of drug-likeness (QED) is 0.680. The van der Waals surface area contributed by atoms with Gasteiger partial charge in [-0.3, -0.25) is 14.5 Å². The highest BCUT2D eigenvalue weighted by atomic mass is 32.1. The third-order valence-corrected chi connectivity index (χ3v) is 6.43. The lowest BCUT2D eigenvalue weighted by molar-refractivity contribution is -0.117. The van der Waals surface area contributed by atoms with Gasteiger partial charge in [-0.2, -0.15) is 0 Å². The molecule has 0 unspecified atom stereocenters. The average Bonchev–Trinajstić information content (AvgIpc) is 3.04. The molecular formula is C21H26N4O4S. The molecule has 0 atom stereocenters. The van der Waals surface area contributed by atoms with Gasteiger partial charge in [0.25, 0.3) is 5.91 Å². The van der Waals surface area contributed by atoms with E-state index >= 15 is 0 Å². The number of esters is 1. The molecule has 1 aliphatic rings. The summed E-state index contributed by atoms with van der Waals surface area (Å²) in [7, 11) is 1.25. The Morgan fingerprint density at radius 1 is 1.13 bits per heavy atom. The monoisotopic (exact) mass is 430 g/mol. The van der Waals surface area contributed by atoms with Gasteiger partial charge in [0, 0.05) is 31.9 Å². The number of piperazine rings is 1. The summed E-state index contributed by atoms with van der Waals surface area (Å²) in [5, 5.41) is 3.05. The highest BCUT2D eigenvalue weighted by Gasteiger charge is 2.26. The lowest BCUT2D eigenvalue weighted by atomic mass is 10.1. The van der Waals surface area contributed by atoms with Gasteiger partial charge in [-0.25, -0.2) is 4.79 Å². The fraction of sp³-hybridized carbons (Fsp3) is 0.381. The molecular weight excluding hydrogens is 404 g/mol. The maximum Gasteiger partial charge on any atom is 0.341 e. The number of hydrogen-bond acceptors (Lipinski definition) is 7. The molecule has 0 aliphatic carbocycles. The van der Waals surface area contributed by atoms with E-state index in [1.807, 2.05) is 12.1 Å². The van der Waals surface area contributed by atoms with Gasteiger partial charge in [0.15, 0.2) is 0 Å². The topological polar surface area (TPSA) is 105 Å². The number of carbonyl (C=O) groups is 3. The Labute approximate surface area is 179 Å². The molecule has 30 heavy (non-hydrogen) atoms. The fourth-order valence-corrected chi connectivity index (χ4v) is 4.68. The van der Waals surface area contributed by atoms with Crippen molar-refractivity contribution in [1.29, 1.82) is 0 Å². The van der Waals surface area contributed by atoms with Crippen LogP contribution in [0.25, 0.3) is 0 Å². The highest BCUT2D eigenvalue weighted by molar-refractivity contribution is 7.18. The summed E-state index contributed by atoms with van der Waals surface area (Å²) in [6.07, 6.45) is 0. The van der Waals surface area contributed by atoms with Crippen molar-refractivity contribution in [2.75, 3.05) is 50.1 Å². The Morgan fingerprint density at radius 3 is 2.40 bits per heavy atom. The SMILES string of the molecule is COC(=O)c1c(NC(=O)CN2CCN(c3ccccc3C)CC2)sc(C(N)=O)c1C. The first kappa shape index (κ1) is 21.8. The molecule has 0 saturated carbocycles. The summed E-state index contributed by atoms with van der Waals surface area (Å²) in [5.41, 5.74) is 8.43. The molecule has 2 heterocycles. The molecule has 2 aromatic rings. The second-order valence-corrected chi connectivity index (χ2v) is 8.23. The zero-order valence-electron chi connectivity index (χ0n) is 17.4. The zero-order chi connectivity index (χ0) is 21.8. The fourth-order valence-electron chi connectivity index (χ4n) is 3.62. The van der Waals surface area contributed by atoms with Crippen LogP contribution in [0, 0.1) is 13.8 Å². The van der Waals surface area contributed by atoms with Gasteiger partial charge in [-0.05, 0) is 31.0 Å². The number of hydrogen-bond donors (Lipinski definition) is 2. The normalized spacial score (nSPS) is 14.4. The van der Waals surface area contributed by atoms with Crippen LogP contribution in [0.2, 0.25) is 0 Å². The smallest absolute Gasteiger partial charge is 0.341 e. The second kappa shape index (κ2) is 9.27. The lowest BCUT2D eigenvalue weighted by Crippen LogP contribution is -2.48. The summed E-state index contributed by atoms with van der Waals surface area (Å²) >= 11 is 0.993. The summed E-state index contributed by atoms with van der Waals surface area (Å²) in [5.74, 6) is -1.50. The number of para-hydroxylation sites is 1.